The quantitative estimate of drug-likeness (QED) is 0.559. The number of nitrogens with zero attached hydrogens (tertiary/aromatic N) is 1. The molecule has 0 saturated carbocycles. The second kappa shape index (κ2) is 8.57. The smallest absolute Gasteiger partial charge is 0.264 e. The molecule has 0 saturated heterocycles. The summed E-state index contributed by atoms with van der Waals surface area (Å²) in [6.45, 7) is 7.46. The first-order valence-electron chi connectivity index (χ1n) is 9.34. The maximum absolute atomic E-state index is 12.1. The van der Waals surface area contributed by atoms with Gasteiger partial charge in [-0.25, -0.2) is 4.98 Å². The van der Waals surface area contributed by atoms with Crippen molar-refractivity contribution < 1.29 is 14.3 Å². The number of amides is 1. The molecular formula is C23H24N2O3S. The van der Waals surface area contributed by atoms with Gasteiger partial charge < -0.3 is 4.74 Å². The molecule has 5 nitrogen and oxygen atoms in total. The topological polar surface area (TPSA) is 68.3 Å². The number of hydrogen-bond acceptors (Lipinski definition) is 5. The van der Waals surface area contributed by atoms with Gasteiger partial charge in [0, 0.05) is 12.3 Å². The highest BCUT2D eigenvalue weighted by molar-refractivity contribution is 7.17. The Labute approximate surface area is 174 Å². The molecular weight excluding hydrogens is 384 g/mol. The summed E-state index contributed by atoms with van der Waals surface area (Å²) in [6.07, 6.45) is 0. The van der Waals surface area contributed by atoms with Gasteiger partial charge >= 0.3 is 0 Å². The van der Waals surface area contributed by atoms with Crippen LogP contribution in [0.15, 0.2) is 54.6 Å². The second-order valence-electron chi connectivity index (χ2n) is 7.34. The van der Waals surface area contributed by atoms with E-state index < -0.39 is 0 Å². The number of benzene rings is 2. The van der Waals surface area contributed by atoms with Gasteiger partial charge in [0.2, 0.25) is 0 Å². The third-order valence-corrected chi connectivity index (χ3v) is 5.98. The standard InChI is InChI=1S/C23H24N2O3S/c1-15-21(16(2)26)29-22(24-15)25-20(27)14-28-19-12-10-18(11-13-19)23(3,4)17-8-6-5-7-9-17/h5-13H,14H2,1-4H3,(H,24,25,27). The van der Waals surface area contributed by atoms with Gasteiger partial charge in [0.15, 0.2) is 17.5 Å². The lowest BCUT2D eigenvalue weighted by Crippen LogP contribution is -2.20. The Morgan fingerprint density at radius 3 is 2.24 bits per heavy atom. The highest BCUT2D eigenvalue weighted by atomic mass is 32.1. The number of carbonyl (C=O) groups excluding carboxylic acids is 2. The summed E-state index contributed by atoms with van der Waals surface area (Å²) >= 11 is 1.17. The maximum atomic E-state index is 12.1. The SMILES string of the molecule is CC(=O)c1sc(NC(=O)COc2ccc(C(C)(C)c3ccccc3)cc2)nc1C. The largest absolute Gasteiger partial charge is 0.484 e. The average molecular weight is 409 g/mol. The fourth-order valence-corrected chi connectivity index (χ4v) is 3.95. The number of aryl methyl sites for hydroxylation is 1. The van der Waals surface area contributed by atoms with Crippen LogP contribution in [0.2, 0.25) is 0 Å². The predicted octanol–water partition coefficient (Wildman–Crippen LogP) is 5.00. The lowest BCUT2D eigenvalue weighted by atomic mass is 9.78. The van der Waals surface area contributed by atoms with Crippen LogP contribution in [0.5, 0.6) is 5.75 Å². The molecule has 150 valence electrons. The van der Waals surface area contributed by atoms with Crippen LogP contribution < -0.4 is 10.1 Å². The lowest BCUT2D eigenvalue weighted by molar-refractivity contribution is -0.118. The minimum Gasteiger partial charge on any atom is -0.484 e. The van der Waals surface area contributed by atoms with E-state index in [1.165, 1.54) is 23.8 Å². The van der Waals surface area contributed by atoms with Crippen molar-refractivity contribution in [3.63, 3.8) is 0 Å². The van der Waals surface area contributed by atoms with Crippen molar-refractivity contribution >= 4 is 28.2 Å². The number of aromatic nitrogens is 1. The van der Waals surface area contributed by atoms with Crippen LogP contribution in [0.4, 0.5) is 5.13 Å². The molecule has 2 aromatic carbocycles. The molecule has 1 aromatic heterocycles. The summed E-state index contributed by atoms with van der Waals surface area (Å²) in [4.78, 5) is 28.4. The van der Waals surface area contributed by atoms with Crippen LogP contribution in [0.1, 0.15) is 47.3 Å². The lowest BCUT2D eigenvalue weighted by Gasteiger charge is -2.26. The van der Waals surface area contributed by atoms with Crippen molar-refractivity contribution in [1.82, 2.24) is 4.98 Å². The highest BCUT2D eigenvalue weighted by Gasteiger charge is 2.22. The van der Waals surface area contributed by atoms with Crippen molar-refractivity contribution in [1.29, 1.82) is 0 Å². The van der Waals surface area contributed by atoms with Gasteiger partial charge in [0.25, 0.3) is 5.91 Å². The summed E-state index contributed by atoms with van der Waals surface area (Å²) in [5.74, 6) is 0.241. The zero-order valence-electron chi connectivity index (χ0n) is 17.0. The first-order chi connectivity index (χ1) is 13.8. The number of Topliss-reactive ketones (excluding diaryl/α,β-unsaturated/α-hetero) is 1. The molecule has 0 radical (unpaired) electrons. The fourth-order valence-electron chi connectivity index (χ4n) is 3.07. The molecule has 0 fully saturated rings. The molecule has 0 aliphatic carbocycles. The first kappa shape index (κ1) is 20.7. The van der Waals surface area contributed by atoms with E-state index in [-0.39, 0.29) is 23.7 Å². The number of anilines is 1. The molecule has 0 atom stereocenters. The van der Waals surface area contributed by atoms with Crippen LogP contribution in [-0.2, 0) is 10.2 Å². The number of nitrogens with one attached hydrogen (secondary N) is 1. The number of hydrogen-bond donors (Lipinski definition) is 1. The molecule has 29 heavy (non-hydrogen) atoms. The van der Waals surface area contributed by atoms with Gasteiger partial charge in [0.05, 0.1) is 10.6 Å². The maximum Gasteiger partial charge on any atom is 0.264 e. The van der Waals surface area contributed by atoms with Crippen LogP contribution in [-0.4, -0.2) is 23.3 Å². The summed E-state index contributed by atoms with van der Waals surface area (Å²) < 4.78 is 5.60. The number of ether oxygens (including phenoxy) is 1. The van der Waals surface area contributed by atoms with E-state index >= 15 is 0 Å². The molecule has 1 amide bonds. The van der Waals surface area contributed by atoms with Gasteiger partial charge in [0.1, 0.15) is 5.75 Å². The number of thiazole rings is 1. The number of ketones is 1. The summed E-state index contributed by atoms with van der Waals surface area (Å²) in [5.41, 5.74) is 2.89. The molecule has 3 rings (SSSR count). The summed E-state index contributed by atoms with van der Waals surface area (Å²) in [6, 6.07) is 18.1. The van der Waals surface area contributed by atoms with Crippen molar-refractivity contribution in [2.24, 2.45) is 0 Å². The molecule has 0 bridgehead atoms. The molecule has 1 heterocycles. The Morgan fingerprint density at radius 1 is 1.03 bits per heavy atom. The summed E-state index contributed by atoms with van der Waals surface area (Å²) in [7, 11) is 0. The molecule has 1 N–H and O–H groups in total. The Bertz CT molecular complexity index is 1010. The zero-order valence-corrected chi connectivity index (χ0v) is 17.8. The number of carbonyl (C=O) groups is 2. The monoisotopic (exact) mass is 408 g/mol. The Balaban J connectivity index is 1.59. The molecule has 3 aromatic rings. The van der Waals surface area contributed by atoms with Crippen LogP contribution in [0, 0.1) is 6.92 Å². The van der Waals surface area contributed by atoms with E-state index in [9.17, 15) is 9.59 Å². The zero-order chi connectivity index (χ0) is 21.0. The minimum atomic E-state index is -0.317. The third-order valence-electron chi connectivity index (χ3n) is 4.80. The van der Waals surface area contributed by atoms with Crippen molar-refractivity contribution in [3.8, 4) is 5.75 Å². The van der Waals surface area contributed by atoms with Gasteiger partial charge in [-0.1, -0.05) is 67.6 Å². The van der Waals surface area contributed by atoms with Crippen LogP contribution in [0.3, 0.4) is 0 Å². The Morgan fingerprint density at radius 2 is 1.66 bits per heavy atom. The Kier molecular flexibility index (Phi) is 6.13. The van der Waals surface area contributed by atoms with E-state index in [4.69, 9.17) is 4.74 Å². The second-order valence-corrected chi connectivity index (χ2v) is 8.34. The predicted molar refractivity (Wildman–Crippen MR) is 116 cm³/mol. The van der Waals surface area contributed by atoms with Gasteiger partial charge in [-0.3, -0.25) is 14.9 Å². The van der Waals surface area contributed by atoms with Crippen molar-refractivity contribution in [2.45, 2.75) is 33.1 Å². The minimum absolute atomic E-state index is 0.0599. The van der Waals surface area contributed by atoms with E-state index in [1.54, 1.807) is 6.92 Å². The average Bonchev–Trinajstić information content (AvgIpc) is 3.07. The van der Waals surface area contributed by atoms with Crippen molar-refractivity contribution in [2.75, 3.05) is 11.9 Å². The van der Waals surface area contributed by atoms with Gasteiger partial charge in [-0.15, -0.1) is 0 Å². The Hall–Kier alpha value is -2.99. The van der Waals surface area contributed by atoms with E-state index in [0.29, 0.717) is 21.5 Å². The first-order valence-corrected chi connectivity index (χ1v) is 10.2. The van der Waals surface area contributed by atoms with E-state index in [0.717, 1.165) is 5.56 Å². The van der Waals surface area contributed by atoms with E-state index in [1.807, 2.05) is 42.5 Å². The van der Waals surface area contributed by atoms with Crippen LogP contribution in [0.25, 0.3) is 0 Å². The molecule has 0 aliphatic heterocycles. The van der Waals surface area contributed by atoms with Crippen molar-refractivity contribution in [3.05, 3.63) is 76.3 Å². The fraction of sp³-hybridized carbons (Fsp3) is 0.261. The molecule has 6 heteroatoms. The molecule has 0 unspecified atom stereocenters. The van der Waals surface area contributed by atoms with Gasteiger partial charge in [-0.2, -0.15) is 0 Å². The molecule has 0 spiro atoms. The number of rotatable bonds is 7. The highest BCUT2D eigenvalue weighted by Crippen LogP contribution is 2.32. The van der Waals surface area contributed by atoms with E-state index in [2.05, 4.69) is 36.3 Å². The summed E-state index contributed by atoms with van der Waals surface area (Å²) in [5, 5.41) is 3.08. The third kappa shape index (κ3) is 4.90. The van der Waals surface area contributed by atoms with Gasteiger partial charge in [-0.05, 0) is 30.2 Å². The van der Waals surface area contributed by atoms with Crippen LogP contribution >= 0.6 is 11.3 Å². The molecule has 0 aliphatic rings. The normalized spacial score (nSPS) is 11.2.